The Morgan fingerprint density at radius 1 is 1.10 bits per heavy atom. The zero-order valence-corrected chi connectivity index (χ0v) is 19.6. The molecule has 5 heteroatoms. The predicted molar refractivity (Wildman–Crippen MR) is 101 cm³/mol. The van der Waals surface area contributed by atoms with Gasteiger partial charge in [0.25, 0.3) is 0 Å². The Morgan fingerprint density at radius 2 is 1.67 bits per heavy atom. The molecule has 1 aliphatic carbocycles. The molecule has 1 aromatic carbocycles. The van der Waals surface area contributed by atoms with E-state index >= 15 is 0 Å². The Bertz CT molecular complexity index is 357. The van der Waals surface area contributed by atoms with Gasteiger partial charge in [0, 0.05) is 25.8 Å². The molecule has 0 spiro atoms. The van der Waals surface area contributed by atoms with Crippen molar-refractivity contribution in [3.8, 4) is 0 Å². The van der Waals surface area contributed by atoms with Gasteiger partial charge >= 0.3 is 0 Å². The molecule has 0 nitrogen and oxygen atoms in total. The fourth-order valence-electron chi connectivity index (χ4n) is 1.63. The minimum Gasteiger partial charge on any atom is -0.273 e. The Morgan fingerprint density at radius 3 is 2.00 bits per heavy atom. The summed E-state index contributed by atoms with van der Waals surface area (Å²) in [5.74, 6) is 1.52. The SMILES string of the molecule is C[C-](CP(C)C)c1ccccc1.Cl.Cl.Cl.[C-]1=CC=CC1.[Hf]. The van der Waals surface area contributed by atoms with Crippen LogP contribution in [0.4, 0.5) is 0 Å². The second-order valence-corrected chi connectivity index (χ2v) is 6.86. The first kappa shape index (κ1) is 29.7. The maximum absolute atomic E-state index is 2.99. The van der Waals surface area contributed by atoms with Crippen molar-refractivity contribution in [2.75, 3.05) is 19.5 Å². The maximum Gasteiger partial charge on any atom is 0 e. The van der Waals surface area contributed by atoms with Gasteiger partial charge < -0.3 is 0 Å². The van der Waals surface area contributed by atoms with Crippen molar-refractivity contribution in [2.45, 2.75) is 13.3 Å². The third-order valence-corrected chi connectivity index (χ3v) is 3.51. The molecule has 0 unspecified atom stereocenters. The molecule has 0 saturated carbocycles. The summed E-state index contributed by atoms with van der Waals surface area (Å²) in [6.45, 7) is 6.88. The van der Waals surface area contributed by atoms with E-state index in [0.29, 0.717) is 0 Å². The largest absolute Gasteiger partial charge is 0.273 e. The van der Waals surface area contributed by atoms with Gasteiger partial charge in [0.1, 0.15) is 0 Å². The van der Waals surface area contributed by atoms with Gasteiger partial charge in [0.2, 0.25) is 0 Å². The Kier molecular flexibility index (Phi) is 26.6. The van der Waals surface area contributed by atoms with Crippen molar-refractivity contribution in [1.29, 1.82) is 0 Å². The van der Waals surface area contributed by atoms with Crippen LogP contribution in [0.5, 0.6) is 0 Å². The third-order valence-electron chi connectivity index (χ3n) is 2.41. The summed E-state index contributed by atoms with van der Waals surface area (Å²) in [7, 11) is 0.199. The molecule has 0 saturated heterocycles. The van der Waals surface area contributed by atoms with Crippen LogP contribution in [0.15, 0.2) is 48.6 Å². The molecule has 0 fully saturated rings. The van der Waals surface area contributed by atoms with Crippen molar-refractivity contribution < 1.29 is 25.8 Å². The monoisotopic (exact) mass is 532 g/mol. The molecule has 120 valence electrons. The molecule has 0 bridgehead atoms. The average molecular weight is 532 g/mol. The number of halogens is 3. The van der Waals surface area contributed by atoms with E-state index in [1.807, 2.05) is 12.2 Å². The normalized spacial score (nSPS) is 10.1. The van der Waals surface area contributed by atoms with Crippen LogP contribution < -0.4 is 0 Å². The standard InChI is InChI=1S/C11H16P.C5H5.3ClH.Hf/c1-10(9-12(2)3)11-7-5-4-6-8-11;1-2-4-5-3-1;;;;/h4-8H,9H2,1-3H3;1-3H,4H2;3*1H;/q2*-1;;;;. The molecule has 21 heavy (non-hydrogen) atoms. The predicted octanol–water partition coefficient (Wildman–Crippen LogP) is 5.94. The number of allylic oxidation sites excluding steroid dienone is 4. The van der Waals surface area contributed by atoms with E-state index < -0.39 is 0 Å². The average Bonchev–Trinajstić information content (AvgIpc) is 2.88. The number of benzene rings is 1. The summed E-state index contributed by atoms with van der Waals surface area (Å²) in [5.41, 5.74) is 1.40. The Balaban J connectivity index is -0.000000140. The summed E-state index contributed by atoms with van der Waals surface area (Å²) in [6, 6.07) is 10.7. The molecule has 0 radical (unpaired) electrons. The van der Waals surface area contributed by atoms with Gasteiger partial charge in [-0.3, -0.25) is 6.08 Å². The maximum atomic E-state index is 2.99. The molecule has 1 aromatic rings. The number of hydrogen-bond acceptors (Lipinski definition) is 0. The fraction of sp³-hybridized carbons (Fsp3) is 0.312. The first-order valence-electron chi connectivity index (χ1n) is 5.94. The Hall–Kier alpha value is 0.740. The van der Waals surface area contributed by atoms with Gasteiger partial charge in [0.05, 0.1) is 0 Å². The second-order valence-electron chi connectivity index (χ2n) is 4.39. The summed E-state index contributed by atoms with van der Waals surface area (Å²) in [6.07, 6.45) is 11.3. The van der Waals surface area contributed by atoms with Gasteiger partial charge in [-0.15, -0.1) is 63.7 Å². The zero-order chi connectivity index (χ0) is 12.5. The van der Waals surface area contributed by atoms with Crippen molar-refractivity contribution in [3.63, 3.8) is 0 Å². The smallest absolute Gasteiger partial charge is 0 e. The van der Waals surface area contributed by atoms with E-state index in [0.717, 1.165) is 6.42 Å². The summed E-state index contributed by atoms with van der Waals surface area (Å²) in [4.78, 5) is 0. The topological polar surface area (TPSA) is 0 Å². The number of hydrogen-bond donors (Lipinski definition) is 0. The molecule has 2 rings (SSSR count). The summed E-state index contributed by atoms with van der Waals surface area (Å²) in [5, 5.41) is 0. The quantitative estimate of drug-likeness (QED) is 0.257. The Labute approximate surface area is 169 Å². The van der Waals surface area contributed by atoms with Gasteiger partial charge in [-0.05, 0) is 13.3 Å². The van der Waals surface area contributed by atoms with E-state index in [4.69, 9.17) is 0 Å². The van der Waals surface area contributed by atoms with E-state index in [9.17, 15) is 0 Å². The van der Waals surface area contributed by atoms with Crippen LogP contribution in [0.3, 0.4) is 0 Å². The molecule has 0 aromatic heterocycles. The summed E-state index contributed by atoms with van der Waals surface area (Å²) >= 11 is 0. The molecule has 0 heterocycles. The van der Waals surface area contributed by atoms with Crippen molar-refractivity contribution in [1.82, 2.24) is 0 Å². The van der Waals surface area contributed by atoms with Crippen LogP contribution in [-0.4, -0.2) is 19.5 Å². The van der Waals surface area contributed by atoms with Crippen LogP contribution in [-0.2, 0) is 25.8 Å². The molecular weight excluding hydrogens is 508 g/mol. The first-order chi connectivity index (χ1) is 8.20. The molecule has 0 N–H and O–H groups in total. The molecular formula is C16H24Cl3HfP-2. The first-order valence-corrected chi connectivity index (χ1v) is 8.36. The fourth-order valence-corrected chi connectivity index (χ4v) is 2.76. The van der Waals surface area contributed by atoms with Crippen LogP contribution in [0.25, 0.3) is 0 Å². The van der Waals surface area contributed by atoms with Crippen LogP contribution in [0, 0.1) is 12.0 Å². The van der Waals surface area contributed by atoms with Gasteiger partial charge in [0.15, 0.2) is 0 Å². The van der Waals surface area contributed by atoms with Gasteiger partial charge in [-0.25, -0.2) is 12.2 Å². The minimum atomic E-state index is 0. The second kappa shape index (κ2) is 18.8. The molecule has 1 aliphatic rings. The number of rotatable bonds is 3. The van der Waals surface area contributed by atoms with Crippen molar-refractivity contribution >= 4 is 45.1 Å². The van der Waals surface area contributed by atoms with E-state index in [-0.39, 0.29) is 71.0 Å². The van der Waals surface area contributed by atoms with Crippen LogP contribution in [0.1, 0.15) is 18.9 Å². The molecule has 0 atom stereocenters. The van der Waals surface area contributed by atoms with E-state index in [1.165, 1.54) is 17.6 Å². The van der Waals surface area contributed by atoms with E-state index in [2.05, 4.69) is 62.7 Å². The zero-order valence-electron chi connectivity index (χ0n) is 12.7. The van der Waals surface area contributed by atoms with E-state index in [1.54, 1.807) is 0 Å². The van der Waals surface area contributed by atoms with Gasteiger partial charge in [-0.1, -0.05) is 19.2 Å². The minimum absolute atomic E-state index is 0. The van der Waals surface area contributed by atoms with Crippen LogP contribution >= 0.6 is 45.1 Å². The molecule has 0 aliphatic heterocycles. The third kappa shape index (κ3) is 15.4. The van der Waals surface area contributed by atoms with Crippen LogP contribution in [0.2, 0.25) is 0 Å². The molecule has 0 amide bonds. The summed E-state index contributed by atoms with van der Waals surface area (Å²) < 4.78 is 0. The van der Waals surface area contributed by atoms with Crippen molar-refractivity contribution in [3.05, 3.63) is 66.1 Å². The van der Waals surface area contributed by atoms with Crippen molar-refractivity contribution in [2.24, 2.45) is 0 Å². The van der Waals surface area contributed by atoms with Gasteiger partial charge in [-0.2, -0.15) is 29.7 Å².